The number of thiophene rings is 1. The Kier molecular flexibility index (Phi) is 9.03. The first kappa shape index (κ1) is 30.2. The molecule has 9 nitrogen and oxygen atoms in total. The Labute approximate surface area is 267 Å². The zero-order chi connectivity index (χ0) is 31.3. The van der Waals surface area contributed by atoms with Crippen LogP contribution < -0.4 is 10.1 Å². The Morgan fingerprint density at radius 3 is 2.62 bits per heavy atom. The summed E-state index contributed by atoms with van der Waals surface area (Å²) in [5.74, 6) is -0.107. The van der Waals surface area contributed by atoms with Crippen LogP contribution in [0.25, 0.3) is 5.69 Å². The van der Waals surface area contributed by atoms with Crippen molar-refractivity contribution in [3.8, 4) is 11.4 Å². The third-order valence-corrected chi connectivity index (χ3v) is 9.11. The number of aromatic nitrogens is 3. The molecule has 0 radical (unpaired) electrons. The highest BCUT2D eigenvalue weighted by Gasteiger charge is 2.33. The van der Waals surface area contributed by atoms with E-state index < -0.39 is 11.7 Å². The lowest BCUT2D eigenvalue weighted by Gasteiger charge is -2.22. The van der Waals surface area contributed by atoms with Crippen molar-refractivity contribution in [2.24, 2.45) is 5.10 Å². The van der Waals surface area contributed by atoms with Crippen molar-refractivity contribution in [3.63, 3.8) is 0 Å². The Hall–Kier alpha value is -4.81. The molecule has 1 aliphatic heterocycles. The smallest absolute Gasteiger partial charge is 0.253 e. The third-order valence-electron chi connectivity index (χ3n) is 7.28. The first-order valence-corrected chi connectivity index (χ1v) is 16.0. The topological polar surface area (TPSA) is 102 Å². The fourth-order valence-electron chi connectivity index (χ4n) is 5.03. The summed E-state index contributed by atoms with van der Waals surface area (Å²) < 4.78 is 21.1. The summed E-state index contributed by atoms with van der Waals surface area (Å²) in [5, 5.41) is 20.3. The largest absolute Gasteiger partial charge is 0.495 e. The molecule has 45 heavy (non-hydrogen) atoms. The molecule has 3 heterocycles. The predicted octanol–water partition coefficient (Wildman–Crippen LogP) is 6.18. The van der Waals surface area contributed by atoms with Gasteiger partial charge in [-0.15, -0.1) is 21.5 Å². The fraction of sp³-hybridized carbons (Fsp3) is 0.182. The molecule has 2 amide bonds. The van der Waals surface area contributed by atoms with E-state index in [1.54, 1.807) is 34.1 Å². The third kappa shape index (κ3) is 6.66. The quantitative estimate of drug-likeness (QED) is 0.183. The van der Waals surface area contributed by atoms with E-state index in [-0.39, 0.29) is 29.8 Å². The summed E-state index contributed by atoms with van der Waals surface area (Å²) in [6.07, 6.45) is 0.618. The first-order chi connectivity index (χ1) is 21.9. The van der Waals surface area contributed by atoms with Gasteiger partial charge in [-0.3, -0.25) is 14.2 Å². The number of aryl methyl sites for hydroxylation is 1. The molecule has 0 aliphatic carbocycles. The minimum absolute atomic E-state index is 0.00495. The molecule has 5 aromatic rings. The van der Waals surface area contributed by atoms with Crippen molar-refractivity contribution < 1.29 is 18.7 Å². The number of hydrogen-bond acceptors (Lipinski definition) is 8. The number of amides is 2. The van der Waals surface area contributed by atoms with Crippen molar-refractivity contribution in [1.82, 2.24) is 25.1 Å². The van der Waals surface area contributed by atoms with Crippen molar-refractivity contribution in [3.05, 3.63) is 124 Å². The average Bonchev–Trinajstić information content (AvgIpc) is 3.83. The van der Waals surface area contributed by atoms with E-state index in [4.69, 9.17) is 9.84 Å². The Morgan fingerprint density at radius 2 is 1.87 bits per heavy atom. The van der Waals surface area contributed by atoms with Crippen LogP contribution in [0.4, 0.5) is 4.39 Å². The van der Waals surface area contributed by atoms with E-state index in [9.17, 15) is 14.0 Å². The van der Waals surface area contributed by atoms with E-state index in [1.165, 1.54) is 36.0 Å². The maximum atomic E-state index is 13.8. The molecule has 3 aromatic carbocycles. The van der Waals surface area contributed by atoms with Crippen LogP contribution in [0.15, 0.2) is 101 Å². The highest BCUT2D eigenvalue weighted by atomic mass is 32.2. The number of halogens is 1. The summed E-state index contributed by atoms with van der Waals surface area (Å²) in [6, 6.07) is 24.7. The predicted molar refractivity (Wildman–Crippen MR) is 172 cm³/mol. The van der Waals surface area contributed by atoms with Crippen molar-refractivity contribution in [1.29, 1.82) is 0 Å². The van der Waals surface area contributed by atoms with Gasteiger partial charge in [0.2, 0.25) is 0 Å². The maximum Gasteiger partial charge on any atom is 0.253 e. The molecule has 6 rings (SSSR count). The van der Waals surface area contributed by atoms with Gasteiger partial charge in [0.15, 0.2) is 11.0 Å². The summed E-state index contributed by atoms with van der Waals surface area (Å²) in [5.41, 5.74) is 3.87. The summed E-state index contributed by atoms with van der Waals surface area (Å²) in [6.45, 7) is 2.04. The molecule has 1 atom stereocenters. The number of methoxy groups -OCH3 is 1. The number of nitrogens with zero attached hydrogens (tertiary/aromatic N) is 5. The zero-order valence-corrected chi connectivity index (χ0v) is 26.1. The number of hydrazone groups is 1. The Balaban J connectivity index is 1.26. The number of para-hydroxylation sites is 2. The molecule has 0 fully saturated rings. The minimum atomic E-state index is -0.502. The zero-order valence-electron chi connectivity index (χ0n) is 24.5. The number of hydrogen-bond donors (Lipinski definition) is 1. The van der Waals surface area contributed by atoms with Gasteiger partial charge >= 0.3 is 0 Å². The summed E-state index contributed by atoms with van der Waals surface area (Å²) >= 11 is 2.82. The molecular formula is C33H29FN6O3S2. The van der Waals surface area contributed by atoms with Gasteiger partial charge in [-0.25, -0.2) is 9.40 Å². The van der Waals surface area contributed by atoms with Crippen molar-refractivity contribution >= 4 is 40.6 Å². The fourth-order valence-corrected chi connectivity index (χ4v) is 6.57. The second-order valence-electron chi connectivity index (χ2n) is 10.3. The van der Waals surface area contributed by atoms with E-state index in [0.717, 1.165) is 21.7 Å². The summed E-state index contributed by atoms with van der Waals surface area (Å²) in [4.78, 5) is 27.6. The Morgan fingerprint density at radius 1 is 1.04 bits per heavy atom. The number of ether oxygens (including phenoxy) is 1. The number of thioether (sulfide) groups is 1. The van der Waals surface area contributed by atoms with E-state index in [0.29, 0.717) is 28.8 Å². The van der Waals surface area contributed by atoms with Crippen molar-refractivity contribution in [2.75, 3.05) is 12.9 Å². The number of carbonyl (C=O) groups is 2. The van der Waals surface area contributed by atoms with E-state index in [2.05, 4.69) is 15.5 Å². The standard InChI is InChI=1S/C33H29FN6O3S2/c1-21-12-14-22(15-13-21)27-18-25(29-11-6-16-44-29)38-40(27)31(41)20-45-33-37-36-30(39(33)26-9-3-4-10-28(26)43-2)19-35-32(42)23-7-5-8-24(34)17-23/h3-17,27H,18-20H2,1-2H3,(H,35,42)/t27-/m0/s1. The Bertz CT molecular complexity index is 1860. The van der Waals surface area contributed by atoms with Gasteiger partial charge in [0.05, 0.1) is 41.7 Å². The lowest BCUT2D eigenvalue weighted by atomic mass is 10.00. The number of carbonyl (C=O) groups excluding carboxylic acids is 2. The van der Waals surface area contributed by atoms with Gasteiger partial charge in [0.1, 0.15) is 11.6 Å². The van der Waals surface area contributed by atoms with Crippen LogP contribution in [-0.4, -0.2) is 50.2 Å². The van der Waals surface area contributed by atoms with Crippen LogP contribution in [0.5, 0.6) is 5.75 Å². The van der Waals surface area contributed by atoms with Gasteiger partial charge in [-0.2, -0.15) is 5.10 Å². The van der Waals surface area contributed by atoms with Crippen LogP contribution in [0.3, 0.4) is 0 Å². The highest BCUT2D eigenvalue weighted by molar-refractivity contribution is 7.99. The second-order valence-corrected chi connectivity index (χ2v) is 12.2. The summed E-state index contributed by atoms with van der Waals surface area (Å²) in [7, 11) is 1.56. The maximum absolute atomic E-state index is 13.8. The van der Waals surface area contributed by atoms with Gasteiger partial charge in [0, 0.05) is 12.0 Å². The van der Waals surface area contributed by atoms with Crippen LogP contribution in [-0.2, 0) is 11.3 Å². The normalized spacial score (nSPS) is 14.3. The van der Waals surface area contributed by atoms with E-state index in [1.807, 2.05) is 66.9 Å². The number of rotatable bonds is 10. The van der Waals surface area contributed by atoms with Crippen LogP contribution in [0.2, 0.25) is 0 Å². The lowest BCUT2D eigenvalue weighted by molar-refractivity contribution is -0.130. The molecule has 0 saturated carbocycles. The lowest BCUT2D eigenvalue weighted by Crippen LogP contribution is -2.28. The molecule has 0 spiro atoms. The van der Waals surface area contributed by atoms with Gasteiger partial charge in [0.25, 0.3) is 11.8 Å². The van der Waals surface area contributed by atoms with Gasteiger partial charge in [-0.1, -0.05) is 65.9 Å². The monoisotopic (exact) mass is 640 g/mol. The molecule has 1 aliphatic rings. The molecule has 1 N–H and O–H groups in total. The second kappa shape index (κ2) is 13.4. The molecule has 228 valence electrons. The molecule has 12 heteroatoms. The van der Waals surface area contributed by atoms with E-state index >= 15 is 0 Å². The van der Waals surface area contributed by atoms with Crippen LogP contribution >= 0.6 is 23.1 Å². The molecule has 0 unspecified atom stereocenters. The van der Waals surface area contributed by atoms with Crippen LogP contribution in [0, 0.1) is 12.7 Å². The average molecular weight is 641 g/mol. The molecular weight excluding hydrogens is 612 g/mol. The minimum Gasteiger partial charge on any atom is -0.495 e. The molecule has 0 bridgehead atoms. The van der Waals surface area contributed by atoms with Crippen molar-refractivity contribution in [2.45, 2.75) is 31.1 Å². The van der Waals surface area contributed by atoms with Gasteiger partial charge < -0.3 is 10.1 Å². The highest BCUT2D eigenvalue weighted by Crippen LogP contribution is 2.35. The van der Waals surface area contributed by atoms with Crippen LogP contribution in [0.1, 0.15) is 44.6 Å². The number of benzene rings is 3. The molecule has 0 saturated heterocycles. The first-order valence-electron chi connectivity index (χ1n) is 14.2. The van der Waals surface area contributed by atoms with Gasteiger partial charge in [-0.05, 0) is 54.3 Å². The molecule has 2 aromatic heterocycles. The SMILES string of the molecule is COc1ccccc1-n1c(CNC(=O)c2cccc(F)c2)nnc1SCC(=O)N1N=C(c2cccs2)C[C@H]1c1ccc(C)cc1. The number of nitrogens with one attached hydrogen (secondary N) is 1.